The van der Waals surface area contributed by atoms with Crippen molar-refractivity contribution in [2.75, 3.05) is 91.5 Å². The van der Waals surface area contributed by atoms with Crippen LogP contribution in [0.25, 0.3) is 0 Å². The Morgan fingerprint density at radius 2 is 1.73 bits per heavy atom. The molecule has 4 rings (SSSR count). The van der Waals surface area contributed by atoms with Crippen molar-refractivity contribution in [3.8, 4) is 5.75 Å². The molecular formula is C34H49N3O11. The second-order valence-corrected chi connectivity index (χ2v) is 11.7. The molecule has 14 nitrogen and oxygen atoms in total. The first-order valence-electron chi connectivity index (χ1n) is 16.5. The van der Waals surface area contributed by atoms with Gasteiger partial charge in [0.25, 0.3) is 5.09 Å². The highest BCUT2D eigenvalue weighted by molar-refractivity contribution is 5.61. The van der Waals surface area contributed by atoms with Crippen LogP contribution in [0.1, 0.15) is 41.9 Å². The first-order chi connectivity index (χ1) is 23.5. The monoisotopic (exact) mass is 675 g/mol. The first-order valence-corrected chi connectivity index (χ1v) is 16.5. The van der Waals surface area contributed by atoms with Crippen LogP contribution >= 0.6 is 0 Å². The van der Waals surface area contributed by atoms with E-state index in [0.29, 0.717) is 65.6 Å². The Hall–Kier alpha value is -3.69. The van der Waals surface area contributed by atoms with Crippen molar-refractivity contribution >= 4 is 11.8 Å². The van der Waals surface area contributed by atoms with Gasteiger partial charge in [0, 0.05) is 52.3 Å². The fraction of sp³-hybridized carbons (Fsp3) is 0.618. The summed E-state index contributed by atoms with van der Waals surface area (Å²) in [5.74, 6) is 0.731. The maximum Gasteiger partial charge on any atom is 0.508 e. The number of nitrogens with zero attached hydrogens (tertiary/aromatic N) is 2. The molecule has 48 heavy (non-hydrogen) atoms. The van der Waals surface area contributed by atoms with E-state index in [1.807, 2.05) is 12.1 Å². The van der Waals surface area contributed by atoms with Gasteiger partial charge in [-0.1, -0.05) is 30.3 Å². The molecule has 1 fully saturated rings. The van der Waals surface area contributed by atoms with Crippen molar-refractivity contribution in [3.63, 3.8) is 0 Å². The molecule has 1 N–H and O–H groups in total. The van der Waals surface area contributed by atoms with Gasteiger partial charge in [-0.25, -0.2) is 4.79 Å². The fourth-order valence-electron chi connectivity index (χ4n) is 5.91. The standard InChI is InChI=1S/C34H49N3O11/c1-41-14-5-12-36-13-17-44-31-11-8-27(20-30(31)36)24-46-32-22-35-21-29(25-47-34(38)45-15-3-4-16-48-37(39)40)33(32)28-9-6-26(7-10-28)23-43-19-18-42-2/h6-11,20,29,32-33,35H,3-5,12-19,21-25H2,1-2H3. The topological polar surface area (TPSA) is 149 Å². The average Bonchev–Trinajstić information content (AvgIpc) is 3.10. The third kappa shape index (κ3) is 12.1. The summed E-state index contributed by atoms with van der Waals surface area (Å²) in [7, 11) is 3.36. The number of hydrogen-bond acceptors (Lipinski definition) is 13. The molecule has 0 spiro atoms. The minimum absolute atomic E-state index is 0.0494. The van der Waals surface area contributed by atoms with Crippen LogP contribution in [-0.2, 0) is 46.5 Å². The molecule has 2 heterocycles. The number of carbonyl (C=O) groups is 1. The molecule has 0 bridgehead atoms. The van der Waals surface area contributed by atoms with Crippen LogP contribution in [0.5, 0.6) is 5.75 Å². The molecule has 3 unspecified atom stereocenters. The summed E-state index contributed by atoms with van der Waals surface area (Å²) in [5.41, 5.74) is 4.24. The Balaban J connectivity index is 1.40. The zero-order valence-corrected chi connectivity index (χ0v) is 28.0. The average molecular weight is 676 g/mol. The van der Waals surface area contributed by atoms with Crippen molar-refractivity contribution in [1.82, 2.24) is 5.32 Å². The van der Waals surface area contributed by atoms with Gasteiger partial charge in [0.05, 0.1) is 64.6 Å². The normalized spacial score (nSPS) is 18.9. The van der Waals surface area contributed by atoms with Crippen LogP contribution in [0.3, 0.4) is 0 Å². The molecule has 2 aromatic rings. The summed E-state index contributed by atoms with van der Waals surface area (Å²) >= 11 is 0. The van der Waals surface area contributed by atoms with Crippen LogP contribution in [0, 0.1) is 16.0 Å². The third-order valence-electron chi connectivity index (χ3n) is 8.32. The van der Waals surface area contributed by atoms with Crippen LogP contribution < -0.4 is 15.0 Å². The van der Waals surface area contributed by atoms with Gasteiger partial charge in [-0.2, -0.15) is 0 Å². The van der Waals surface area contributed by atoms with Gasteiger partial charge >= 0.3 is 6.16 Å². The lowest BCUT2D eigenvalue weighted by atomic mass is 9.79. The van der Waals surface area contributed by atoms with Crippen molar-refractivity contribution in [3.05, 3.63) is 69.3 Å². The largest absolute Gasteiger partial charge is 0.508 e. The molecule has 2 aromatic carbocycles. The molecule has 0 amide bonds. The number of methoxy groups -OCH3 is 2. The van der Waals surface area contributed by atoms with Gasteiger partial charge in [0.1, 0.15) is 12.4 Å². The van der Waals surface area contributed by atoms with Gasteiger partial charge < -0.3 is 48.2 Å². The van der Waals surface area contributed by atoms with Crippen molar-refractivity contribution in [2.24, 2.45) is 5.92 Å². The summed E-state index contributed by atoms with van der Waals surface area (Å²) in [4.78, 5) is 29.3. The van der Waals surface area contributed by atoms with Crippen molar-refractivity contribution < 1.29 is 47.9 Å². The molecule has 2 aliphatic rings. The van der Waals surface area contributed by atoms with Crippen molar-refractivity contribution in [1.29, 1.82) is 0 Å². The predicted octanol–water partition coefficient (Wildman–Crippen LogP) is 4.12. The summed E-state index contributed by atoms with van der Waals surface area (Å²) in [6.07, 6.45) is 0.771. The number of anilines is 1. The Bertz CT molecular complexity index is 1250. The number of rotatable bonds is 21. The number of nitrogens with one attached hydrogen (secondary N) is 1. The lowest BCUT2D eigenvalue weighted by Gasteiger charge is -2.38. The van der Waals surface area contributed by atoms with E-state index in [0.717, 1.165) is 47.6 Å². The Morgan fingerprint density at radius 3 is 2.52 bits per heavy atom. The van der Waals surface area contributed by atoms with Gasteiger partial charge in [-0.05, 0) is 48.1 Å². The minimum atomic E-state index is -0.841. The number of benzene rings is 2. The highest BCUT2D eigenvalue weighted by Gasteiger charge is 2.36. The maximum absolute atomic E-state index is 12.4. The number of hydrogen-bond donors (Lipinski definition) is 1. The Kier molecular flexibility index (Phi) is 16.0. The van der Waals surface area contributed by atoms with Crippen LogP contribution in [0.4, 0.5) is 10.5 Å². The Morgan fingerprint density at radius 1 is 0.938 bits per heavy atom. The molecule has 266 valence electrons. The lowest BCUT2D eigenvalue weighted by Crippen LogP contribution is -2.48. The number of fused-ring (bicyclic) bond motifs is 1. The molecule has 0 aromatic heterocycles. The van der Waals surface area contributed by atoms with Crippen molar-refractivity contribution in [2.45, 2.75) is 44.5 Å². The van der Waals surface area contributed by atoms with Gasteiger partial charge in [-0.15, -0.1) is 10.1 Å². The Labute approximate surface area is 281 Å². The maximum atomic E-state index is 12.4. The van der Waals surface area contributed by atoms with Gasteiger partial charge in [-0.3, -0.25) is 0 Å². The highest BCUT2D eigenvalue weighted by atomic mass is 16.9. The smallest absolute Gasteiger partial charge is 0.490 e. The summed E-state index contributed by atoms with van der Waals surface area (Å²) < 4.78 is 39.3. The van der Waals surface area contributed by atoms with E-state index in [-0.39, 0.29) is 37.8 Å². The molecule has 0 saturated carbocycles. The molecule has 1 saturated heterocycles. The first kappa shape index (κ1) is 37.1. The highest BCUT2D eigenvalue weighted by Crippen LogP contribution is 2.36. The molecule has 2 aliphatic heterocycles. The van der Waals surface area contributed by atoms with E-state index in [4.69, 9.17) is 33.2 Å². The summed E-state index contributed by atoms with van der Waals surface area (Å²) in [6.45, 7) is 6.45. The van der Waals surface area contributed by atoms with Crippen LogP contribution in [-0.4, -0.2) is 104 Å². The predicted molar refractivity (Wildman–Crippen MR) is 176 cm³/mol. The number of carbonyl (C=O) groups excluding carboxylic acids is 1. The van der Waals surface area contributed by atoms with E-state index in [1.165, 1.54) is 0 Å². The second-order valence-electron chi connectivity index (χ2n) is 11.7. The van der Waals surface area contributed by atoms with E-state index in [1.54, 1.807) is 14.2 Å². The van der Waals surface area contributed by atoms with E-state index < -0.39 is 11.2 Å². The molecule has 0 radical (unpaired) electrons. The quantitative estimate of drug-likeness (QED) is 0.0876. The fourth-order valence-corrected chi connectivity index (χ4v) is 5.91. The number of unbranched alkanes of at least 4 members (excludes halogenated alkanes) is 1. The van der Waals surface area contributed by atoms with E-state index in [2.05, 4.69) is 45.4 Å². The molecule has 0 aliphatic carbocycles. The summed E-state index contributed by atoms with van der Waals surface area (Å²) in [5, 5.41) is 12.9. The molecule has 14 heteroatoms. The zero-order valence-electron chi connectivity index (χ0n) is 28.0. The number of piperidine rings is 1. The van der Waals surface area contributed by atoms with E-state index >= 15 is 0 Å². The number of ether oxygens (including phenoxy) is 7. The van der Waals surface area contributed by atoms with Gasteiger partial charge in [0.2, 0.25) is 0 Å². The van der Waals surface area contributed by atoms with Crippen LogP contribution in [0.2, 0.25) is 0 Å². The SMILES string of the molecule is COCCCN1CCOc2ccc(COC3CNCC(COC(=O)OCCCCO[N+](=O)[O-])C3c3ccc(COCCOC)cc3)cc21. The summed E-state index contributed by atoms with van der Waals surface area (Å²) in [6, 6.07) is 14.5. The third-order valence-corrected chi connectivity index (χ3v) is 8.32. The van der Waals surface area contributed by atoms with E-state index in [9.17, 15) is 14.9 Å². The van der Waals surface area contributed by atoms with Gasteiger partial charge in [0.15, 0.2) is 0 Å². The molecular weight excluding hydrogens is 626 g/mol. The lowest BCUT2D eigenvalue weighted by molar-refractivity contribution is -0.757. The minimum Gasteiger partial charge on any atom is -0.490 e. The zero-order chi connectivity index (χ0) is 34.0. The second kappa shape index (κ2) is 20.6. The molecule has 3 atom stereocenters. The van der Waals surface area contributed by atoms with Crippen LogP contribution in [0.15, 0.2) is 42.5 Å².